The lowest BCUT2D eigenvalue weighted by Crippen LogP contribution is -2.18. The van der Waals surface area contributed by atoms with Crippen LogP contribution >= 0.6 is 11.3 Å². The zero-order valence-corrected chi connectivity index (χ0v) is 15.8. The molecule has 140 valence electrons. The molecule has 0 saturated heterocycles. The van der Waals surface area contributed by atoms with E-state index >= 15 is 0 Å². The molecular weight excluding hydrogens is 348 g/mol. The molecule has 0 radical (unpaired) electrons. The summed E-state index contributed by atoms with van der Waals surface area (Å²) in [5.41, 5.74) is 7.21. The molecule has 5 nitrogen and oxygen atoms in total. The van der Waals surface area contributed by atoms with E-state index in [4.69, 9.17) is 10.2 Å². The van der Waals surface area contributed by atoms with E-state index in [1.165, 1.54) is 61.0 Å². The van der Waals surface area contributed by atoms with Crippen LogP contribution in [0, 0.1) is 0 Å². The number of furan rings is 1. The highest BCUT2D eigenvalue weighted by atomic mass is 32.1. The Bertz CT molecular complexity index is 749. The van der Waals surface area contributed by atoms with Crippen molar-refractivity contribution in [1.29, 1.82) is 0 Å². The topological polar surface area (TPSA) is 85.3 Å². The first-order valence-electron chi connectivity index (χ1n) is 9.46. The Labute approximate surface area is 158 Å². The normalized spacial score (nSPS) is 16.2. The minimum Gasteiger partial charge on any atom is -0.459 e. The Hall–Kier alpha value is -2.08. The highest BCUT2D eigenvalue weighted by Crippen LogP contribution is 2.36. The summed E-state index contributed by atoms with van der Waals surface area (Å²) in [5, 5.41) is 3.39. The second kappa shape index (κ2) is 9.03. The van der Waals surface area contributed by atoms with E-state index < -0.39 is 5.91 Å². The lowest BCUT2D eigenvalue weighted by Gasteiger charge is -2.09. The fraction of sp³-hybridized carbons (Fsp3) is 0.500. The number of nitrogens with two attached hydrogens (primary N) is 1. The largest absolute Gasteiger partial charge is 0.459 e. The van der Waals surface area contributed by atoms with Gasteiger partial charge in [-0.15, -0.1) is 11.3 Å². The standard InChI is InChI=1S/C20H26N2O3S/c21-18(23)17-14-10-7-5-3-1-2-4-6-8-12-16(14)26-20(17)22-19(24)15-11-9-13-25-15/h9,11,13H,1-8,10,12H2,(H2,21,23)(H,22,24). The average Bonchev–Trinajstić information content (AvgIpc) is 3.23. The van der Waals surface area contributed by atoms with Crippen LogP contribution in [0.1, 0.15) is 82.7 Å². The molecule has 0 aromatic carbocycles. The van der Waals surface area contributed by atoms with Gasteiger partial charge in [0.25, 0.3) is 11.8 Å². The monoisotopic (exact) mass is 374 g/mol. The van der Waals surface area contributed by atoms with Gasteiger partial charge in [-0.3, -0.25) is 9.59 Å². The van der Waals surface area contributed by atoms with E-state index in [-0.39, 0.29) is 11.7 Å². The molecule has 2 heterocycles. The number of aryl methyl sites for hydroxylation is 1. The van der Waals surface area contributed by atoms with Crippen LogP contribution in [0.3, 0.4) is 0 Å². The summed E-state index contributed by atoms with van der Waals surface area (Å²) in [6.45, 7) is 0. The summed E-state index contributed by atoms with van der Waals surface area (Å²) < 4.78 is 5.15. The van der Waals surface area contributed by atoms with E-state index in [9.17, 15) is 9.59 Å². The summed E-state index contributed by atoms with van der Waals surface area (Å²) >= 11 is 1.49. The van der Waals surface area contributed by atoms with Gasteiger partial charge in [-0.05, 0) is 43.4 Å². The smallest absolute Gasteiger partial charge is 0.291 e. The molecule has 0 saturated carbocycles. The number of carbonyl (C=O) groups is 2. The van der Waals surface area contributed by atoms with Gasteiger partial charge in [0.05, 0.1) is 11.8 Å². The predicted octanol–water partition coefficient (Wildman–Crippen LogP) is 4.91. The van der Waals surface area contributed by atoms with Gasteiger partial charge in [-0.1, -0.05) is 38.5 Å². The first-order chi connectivity index (χ1) is 12.7. The van der Waals surface area contributed by atoms with Crippen LogP contribution in [-0.4, -0.2) is 11.8 Å². The number of primary amides is 1. The maximum absolute atomic E-state index is 12.3. The Morgan fingerprint density at radius 2 is 1.65 bits per heavy atom. The van der Waals surface area contributed by atoms with Crippen molar-refractivity contribution in [2.24, 2.45) is 5.73 Å². The first kappa shape index (κ1) is 18.7. The quantitative estimate of drug-likeness (QED) is 0.800. The molecule has 0 bridgehead atoms. The zero-order chi connectivity index (χ0) is 18.4. The summed E-state index contributed by atoms with van der Waals surface area (Å²) in [6.07, 6.45) is 12.9. The summed E-state index contributed by atoms with van der Waals surface area (Å²) in [6, 6.07) is 3.26. The molecule has 2 aromatic rings. The summed E-state index contributed by atoms with van der Waals surface area (Å²) in [7, 11) is 0. The SMILES string of the molecule is NC(=O)c1c(NC(=O)c2ccco2)sc2c1CCCCCCCCCC2. The third-order valence-electron chi connectivity index (χ3n) is 4.89. The third-order valence-corrected chi connectivity index (χ3v) is 6.10. The Morgan fingerprint density at radius 1 is 1.00 bits per heavy atom. The lowest BCUT2D eigenvalue weighted by atomic mass is 9.97. The number of nitrogens with one attached hydrogen (secondary N) is 1. The molecule has 2 aromatic heterocycles. The summed E-state index contributed by atoms with van der Waals surface area (Å²) in [4.78, 5) is 25.7. The average molecular weight is 375 g/mol. The van der Waals surface area contributed by atoms with Gasteiger partial charge < -0.3 is 15.5 Å². The number of carbonyl (C=O) groups excluding carboxylic acids is 2. The van der Waals surface area contributed by atoms with Gasteiger partial charge in [0, 0.05) is 4.88 Å². The second-order valence-corrected chi connectivity index (χ2v) is 7.94. The maximum atomic E-state index is 12.3. The summed E-state index contributed by atoms with van der Waals surface area (Å²) in [5.74, 6) is -0.595. The van der Waals surface area contributed by atoms with E-state index in [1.807, 2.05) is 0 Å². The van der Waals surface area contributed by atoms with Crippen molar-refractivity contribution in [2.75, 3.05) is 5.32 Å². The van der Waals surface area contributed by atoms with E-state index in [0.717, 1.165) is 31.2 Å². The fourth-order valence-corrected chi connectivity index (χ4v) is 4.84. The molecule has 3 rings (SSSR count). The molecule has 0 atom stereocenters. The molecule has 6 heteroatoms. The highest BCUT2D eigenvalue weighted by Gasteiger charge is 2.24. The van der Waals surface area contributed by atoms with Crippen LogP contribution in [0.15, 0.2) is 22.8 Å². The van der Waals surface area contributed by atoms with Crippen molar-refractivity contribution in [3.05, 3.63) is 40.2 Å². The lowest BCUT2D eigenvalue weighted by molar-refractivity contribution is 0.0997. The number of thiophene rings is 1. The minimum atomic E-state index is -0.468. The van der Waals surface area contributed by atoms with E-state index in [2.05, 4.69) is 5.32 Å². The van der Waals surface area contributed by atoms with Crippen LogP contribution in [0.25, 0.3) is 0 Å². The number of anilines is 1. The molecule has 2 amide bonds. The van der Waals surface area contributed by atoms with E-state index in [0.29, 0.717) is 10.6 Å². The predicted molar refractivity (Wildman–Crippen MR) is 104 cm³/mol. The van der Waals surface area contributed by atoms with Crippen LogP contribution in [0.2, 0.25) is 0 Å². The van der Waals surface area contributed by atoms with Crippen LogP contribution in [0.4, 0.5) is 5.00 Å². The van der Waals surface area contributed by atoms with Crippen molar-refractivity contribution in [3.63, 3.8) is 0 Å². The van der Waals surface area contributed by atoms with Gasteiger partial charge in [0.15, 0.2) is 5.76 Å². The van der Waals surface area contributed by atoms with Crippen molar-refractivity contribution in [1.82, 2.24) is 0 Å². The molecule has 0 fully saturated rings. The van der Waals surface area contributed by atoms with Crippen LogP contribution in [0.5, 0.6) is 0 Å². The molecule has 0 unspecified atom stereocenters. The second-order valence-electron chi connectivity index (χ2n) is 6.83. The molecular formula is C20H26N2O3S. The zero-order valence-electron chi connectivity index (χ0n) is 15.0. The van der Waals surface area contributed by atoms with Gasteiger partial charge in [0.2, 0.25) is 0 Å². The molecule has 1 aliphatic rings. The number of rotatable bonds is 3. The number of hydrogen-bond donors (Lipinski definition) is 2. The molecule has 0 spiro atoms. The van der Waals surface area contributed by atoms with E-state index in [1.54, 1.807) is 12.1 Å². The third kappa shape index (κ3) is 4.55. The molecule has 0 aliphatic heterocycles. The first-order valence-corrected chi connectivity index (χ1v) is 10.3. The Kier molecular flexibility index (Phi) is 6.50. The Balaban J connectivity index is 1.87. The molecule has 1 aliphatic carbocycles. The van der Waals surface area contributed by atoms with Crippen molar-refractivity contribution in [3.8, 4) is 0 Å². The van der Waals surface area contributed by atoms with Crippen molar-refractivity contribution >= 4 is 28.2 Å². The van der Waals surface area contributed by atoms with Crippen LogP contribution < -0.4 is 11.1 Å². The minimum absolute atomic E-state index is 0.225. The molecule has 3 N–H and O–H groups in total. The fourth-order valence-electron chi connectivity index (χ4n) is 3.55. The number of fused-ring (bicyclic) bond motifs is 1. The van der Waals surface area contributed by atoms with Crippen molar-refractivity contribution in [2.45, 2.75) is 64.2 Å². The van der Waals surface area contributed by atoms with Gasteiger partial charge in [-0.25, -0.2) is 0 Å². The van der Waals surface area contributed by atoms with Crippen molar-refractivity contribution < 1.29 is 14.0 Å². The maximum Gasteiger partial charge on any atom is 0.291 e. The van der Waals surface area contributed by atoms with Gasteiger partial charge >= 0.3 is 0 Å². The molecule has 26 heavy (non-hydrogen) atoms. The Morgan fingerprint density at radius 3 is 2.27 bits per heavy atom. The van der Waals surface area contributed by atoms with Gasteiger partial charge in [-0.2, -0.15) is 0 Å². The van der Waals surface area contributed by atoms with Crippen LogP contribution in [-0.2, 0) is 12.8 Å². The number of hydrogen-bond acceptors (Lipinski definition) is 4. The van der Waals surface area contributed by atoms with Gasteiger partial charge in [0.1, 0.15) is 5.00 Å². The highest BCUT2D eigenvalue weighted by molar-refractivity contribution is 7.17. The number of amides is 2.